The van der Waals surface area contributed by atoms with Crippen LogP contribution in [0.2, 0.25) is 5.02 Å². The van der Waals surface area contributed by atoms with Gasteiger partial charge >= 0.3 is 6.01 Å². The van der Waals surface area contributed by atoms with Crippen molar-refractivity contribution in [1.82, 2.24) is 24.4 Å². The highest BCUT2D eigenvalue weighted by atomic mass is 35.5. The highest BCUT2D eigenvalue weighted by molar-refractivity contribution is 6.30. The molecule has 2 aromatic carbocycles. The molecule has 0 saturated carbocycles. The number of carbonyl (C=O) groups excluding carboxylic acids is 1. The molecule has 4 aromatic rings. The molecule has 3 saturated heterocycles. The summed E-state index contributed by atoms with van der Waals surface area (Å²) < 4.78 is 28.7. The van der Waals surface area contributed by atoms with Gasteiger partial charge in [-0.2, -0.15) is 9.97 Å². The number of methoxy groups -OCH3 is 1. The van der Waals surface area contributed by atoms with Gasteiger partial charge in [-0.05, 0) is 69.1 Å². The van der Waals surface area contributed by atoms with Gasteiger partial charge in [-0.25, -0.2) is 9.37 Å². The van der Waals surface area contributed by atoms with Crippen LogP contribution in [0.5, 0.6) is 11.8 Å². The Morgan fingerprint density at radius 1 is 1.12 bits per heavy atom. The van der Waals surface area contributed by atoms with Crippen molar-refractivity contribution in [3.63, 3.8) is 0 Å². The van der Waals surface area contributed by atoms with Crippen LogP contribution in [0.4, 0.5) is 10.1 Å². The minimum Gasteiger partial charge on any atom is -0.489 e. The summed E-state index contributed by atoms with van der Waals surface area (Å²) in [4.78, 5) is 28.8. The van der Waals surface area contributed by atoms with E-state index in [1.165, 1.54) is 13.2 Å². The van der Waals surface area contributed by atoms with Crippen molar-refractivity contribution in [1.29, 1.82) is 0 Å². The third-order valence-electron chi connectivity index (χ3n) is 7.69. The van der Waals surface area contributed by atoms with E-state index in [9.17, 15) is 4.79 Å². The molecule has 2 bridgehead atoms. The SMILES string of the molecule is COc1nc(C)c2nc(CC(=O)Nc3ccc(Cl)cc3)n(Cc3ccc(O[C@@H]4CN5CCC4CC5)cc3F)c2n1. The average molecular weight is 565 g/mol. The van der Waals surface area contributed by atoms with Crippen molar-refractivity contribution in [2.45, 2.75) is 38.8 Å². The molecular weight excluding hydrogens is 535 g/mol. The lowest BCUT2D eigenvalue weighted by Crippen LogP contribution is -2.52. The molecule has 3 aliphatic rings. The summed E-state index contributed by atoms with van der Waals surface area (Å²) in [6.45, 7) is 5.03. The van der Waals surface area contributed by atoms with E-state index in [0.29, 0.717) is 50.6 Å². The van der Waals surface area contributed by atoms with Gasteiger partial charge in [0.05, 0.1) is 25.8 Å². The van der Waals surface area contributed by atoms with Crippen LogP contribution in [-0.4, -0.2) is 63.2 Å². The topological polar surface area (TPSA) is 94.4 Å². The van der Waals surface area contributed by atoms with Crippen molar-refractivity contribution < 1.29 is 18.7 Å². The zero-order valence-corrected chi connectivity index (χ0v) is 23.1. The van der Waals surface area contributed by atoms with Gasteiger partial charge in [0.15, 0.2) is 5.65 Å². The first kappa shape index (κ1) is 26.5. The average Bonchev–Trinajstić information content (AvgIpc) is 3.29. The second-order valence-electron chi connectivity index (χ2n) is 10.4. The van der Waals surface area contributed by atoms with E-state index in [1.807, 2.05) is 6.07 Å². The van der Waals surface area contributed by atoms with E-state index in [-0.39, 0.29) is 31.0 Å². The van der Waals surface area contributed by atoms with Gasteiger partial charge in [-0.1, -0.05) is 17.7 Å². The Morgan fingerprint density at radius 3 is 2.58 bits per heavy atom. The van der Waals surface area contributed by atoms with Crippen molar-refractivity contribution in [3.8, 4) is 11.8 Å². The van der Waals surface area contributed by atoms with Gasteiger partial charge in [-0.15, -0.1) is 0 Å². The normalized spacial score (nSPS) is 20.1. The van der Waals surface area contributed by atoms with Gasteiger partial charge in [-0.3, -0.25) is 9.69 Å². The van der Waals surface area contributed by atoms with Gasteiger partial charge in [0, 0.05) is 28.9 Å². The van der Waals surface area contributed by atoms with E-state index in [4.69, 9.17) is 21.1 Å². The summed E-state index contributed by atoms with van der Waals surface area (Å²) in [5, 5.41) is 3.43. The van der Waals surface area contributed by atoms with Gasteiger partial charge in [0.1, 0.15) is 29.0 Å². The van der Waals surface area contributed by atoms with Crippen LogP contribution in [0.1, 0.15) is 29.9 Å². The van der Waals surface area contributed by atoms with Crippen LogP contribution in [0, 0.1) is 18.7 Å². The number of imidazole rings is 1. The number of halogens is 2. The molecule has 9 nitrogen and oxygen atoms in total. The van der Waals surface area contributed by atoms with Crippen molar-refractivity contribution >= 4 is 34.4 Å². The molecule has 1 amide bonds. The number of hydrogen-bond acceptors (Lipinski definition) is 7. The maximum Gasteiger partial charge on any atom is 0.318 e. The number of anilines is 1. The predicted molar refractivity (Wildman–Crippen MR) is 149 cm³/mol. The van der Waals surface area contributed by atoms with Crippen LogP contribution in [0.15, 0.2) is 42.5 Å². The summed E-state index contributed by atoms with van der Waals surface area (Å²) in [6, 6.07) is 12.0. The molecule has 7 rings (SSSR count). The number of ether oxygens (including phenoxy) is 2. The zero-order chi connectivity index (χ0) is 27.8. The Balaban J connectivity index is 1.27. The van der Waals surface area contributed by atoms with Crippen LogP contribution < -0.4 is 14.8 Å². The molecule has 40 heavy (non-hydrogen) atoms. The molecule has 2 aromatic heterocycles. The van der Waals surface area contributed by atoms with E-state index in [2.05, 4.69) is 25.2 Å². The number of carbonyl (C=O) groups is 1. The zero-order valence-electron chi connectivity index (χ0n) is 22.4. The lowest BCUT2D eigenvalue weighted by molar-refractivity contribution is -0.115. The molecule has 0 radical (unpaired) electrons. The van der Waals surface area contributed by atoms with Gasteiger partial charge in [0.2, 0.25) is 5.91 Å². The summed E-state index contributed by atoms with van der Waals surface area (Å²) in [5.74, 6) is 0.801. The number of piperidine rings is 3. The standard InChI is InChI=1S/C29H30ClFN6O3/c1-17-27-28(35-29(32-17)39-2)37(25(34-27)14-26(38)33-21-6-4-20(30)5-7-21)15-19-3-8-22(13-23(19)31)40-24-16-36-11-9-18(24)10-12-36/h3-8,13,18,24H,9-12,14-16H2,1-2H3,(H,33,38)/t24-/m1/s1. The number of benzene rings is 2. The monoisotopic (exact) mass is 564 g/mol. The number of rotatable bonds is 8. The molecule has 0 aliphatic carbocycles. The first-order valence-electron chi connectivity index (χ1n) is 13.4. The number of nitrogens with zero attached hydrogens (tertiary/aromatic N) is 5. The number of hydrogen-bond donors (Lipinski definition) is 1. The van der Waals surface area contributed by atoms with E-state index in [0.717, 1.165) is 32.5 Å². The lowest BCUT2D eigenvalue weighted by Gasteiger charge is -2.44. The van der Waals surface area contributed by atoms with Crippen LogP contribution in [0.25, 0.3) is 11.2 Å². The first-order valence-corrected chi connectivity index (χ1v) is 13.7. The fourth-order valence-corrected chi connectivity index (χ4v) is 5.68. The molecule has 3 fully saturated rings. The highest BCUT2D eigenvalue weighted by Gasteiger charge is 2.35. The first-order chi connectivity index (χ1) is 19.4. The minimum atomic E-state index is -0.394. The molecule has 11 heteroatoms. The maximum atomic E-state index is 15.5. The molecule has 1 N–H and O–H groups in total. The molecule has 0 unspecified atom stereocenters. The van der Waals surface area contributed by atoms with Gasteiger partial charge in [0.25, 0.3) is 0 Å². The molecule has 0 spiro atoms. The fraction of sp³-hybridized carbons (Fsp3) is 0.379. The molecule has 208 valence electrons. The van der Waals surface area contributed by atoms with E-state index < -0.39 is 5.82 Å². The summed E-state index contributed by atoms with van der Waals surface area (Å²) >= 11 is 5.96. The molecular formula is C29H30ClFN6O3. The number of amides is 1. The number of aryl methyl sites for hydroxylation is 1. The Bertz CT molecular complexity index is 1550. The molecule has 3 aliphatic heterocycles. The lowest BCUT2D eigenvalue weighted by atomic mass is 9.86. The number of aromatic nitrogens is 4. The number of fused-ring (bicyclic) bond motifs is 4. The third kappa shape index (κ3) is 5.46. The Morgan fingerprint density at radius 2 is 1.90 bits per heavy atom. The Hall–Kier alpha value is -3.76. The van der Waals surface area contributed by atoms with Crippen molar-refractivity contribution in [3.05, 3.63) is 70.4 Å². The Kier molecular flexibility index (Phi) is 7.29. The summed E-state index contributed by atoms with van der Waals surface area (Å²) in [7, 11) is 1.48. The van der Waals surface area contributed by atoms with E-state index in [1.54, 1.807) is 41.8 Å². The van der Waals surface area contributed by atoms with Crippen molar-refractivity contribution in [2.75, 3.05) is 32.1 Å². The number of nitrogens with one attached hydrogen (secondary N) is 1. The summed E-state index contributed by atoms with van der Waals surface area (Å²) in [6.07, 6.45) is 2.28. The van der Waals surface area contributed by atoms with Crippen LogP contribution in [0.3, 0.4) is 0 Å². The van der Waals surface area contributed by atoms with Gasteiger partial charge < -0.3 is 19.4 Å². The second-order valence-corrected chi connectivity index (χ2v) is 10.8. The van der Waals surface area contributed by atoms with E-state index >= 15 is 4.39 Å². The Labute approximate surface area is 236 Å². The minimum absolute atomic E-state index is 0.0525. The molecule has 1 atom stereocenters. The fourth-order valence-electron chi connectivity index (χ4n) is 5.55. The van der Waals surface area contributed by atoms with Crippen molar-refractivity contribution in [2.24, 2.45) is 5.92 Å². The quantitative estimate of drug-likeness (QED) is 0.333. The molecule has 5 heterocycles. The third-order valence-corrected chi connectivity index (χ3v) is 7.95. The summed E-state index contributed by atoms with van der Waals surface area (Å²) in [5.41, 5.74) is 2.62. The smallest absolute Gasteiger partial charge is 0.318 e. The maximum absolute atomic E-state index is 15.5. The highest BCUT2D eigenvalue weighted by Crippen LogP contribution is 2.31. The van der Waals surface area contributed by atoms with Crippen LogP contribution >= 0.6 is 11.6 Å². The second kappa shape index (κ2) is 11.0. The largest absolute Gasteiger partial charge is 0.489 e. The predicted octanol–water partition coefficient (Wildman–Crippen LogP) is 4.64. The van der Waals surface area contributed by atoms with Crippen LogP contribution in [-0.2, 0) is 17.8 Å².